The molecule has 23 heavy (non-hydrogen) atoms. The number of nitrogens with one attached hydrogen (secondary N) is 2. The van der Waals surface area contributed by atoms with Gasteiger partial charge in [-0.05, 0) is 23.8 Å². The number of benzene rings is 1. The average Bonchev–Trinajstić information content (AvgIpc) is 2.54. The van der Waals surface area contributed by atoms with E-state index in [1.54, 1.807) is 18.2 Å². The second-order valence-electron chi connectivity index (χ2n) is 4.82. The number of hydrogen-bond acceptors (Lipinski definition) is 3. The lowest BCUT2D eigenvalue weighted by Crippen LogP contribution is -2.32. The van der Waals surface area contributed by atoms with Crippen molar-refractivity contribution in [3.05, 3.63) is 65.5 Å². The van der Waals surface area contributed by atoms with Gasteiger partial charge in [-0.1, -0.05) is 18.2 Å². The number of rotatable bonds is 6. The van der Waals surface area contributed by atoms with Crippen molar-refractivity contribution in [1.82, 2.24) is 15.6 Å². The molecule has 0 unspecified atom stereocenters. The molecule has 2 N–H and O–H groups in total. The molecule has 2 rings (SSSR count). The highest BCUT2D eigenvalue weighted by Crippen LogP contribution is 2.31. The average molecular weight is 323 g/mol. The number of alkyl halides is 3. The van der Waals surface area contributed by atoms with Crippen LogP contribution in [0.15, 0.2) is 48.8 Å². The van der Waals surface area contributed by atoms with Gasteiger partial charge in [0.05, 0.1) is 5.56 Å². The monoisotopic (exact) mass is 323 g/mol. The van der Waals surface area contributed by atoms with Crippen molar-refractivity contribution in [2.24, 2.45) is 0 Å². The number of nitrogens with zero attached hydrogens (tertiary/aromatic N) is 1. The highest BCUT2D eigenvalue weighted by molar-refractivity contribution is 5.93. The maximum absolute atomic E-state index is 12.8. The predicted octanol–water partition coefficient (Wildman–Crippen LogP) is 2.62. The summed E-state index contributed by atoms with van der Waals surface area (Å²) in [5, 5.41) is 5.57. The largest absolute Gasteiger partial charge is 0.416 e. The molecule has 0 aliphatic carbocycles. The molecule has 0 aliphatic rings. The van der Waals surface area contributed by atoms with Crippen LogP contribution in [-0.4, -0.2) is 24.0 Å². The van der Waals surface area contributed by atoms with E-state index in [9.17, 15) is 18.0 Å². The summed E-state index contributed by atoms with van der Waals surface area (Å²) in [5.74, 6) is -0.245. The highest BCUT2D eigenvalue weighted by Gasteiger charge is 2.32. The molecule has 0 saturated heterocycles. The number of carbonyl (C=O) groups is 1. The zero-order chi connectivity index (χ0) is 16.7. The Bertz CT molecular complexity index is 645. The summed E-state index contributed by atoms with van der Waals surface area (Å²) in [4.78, 5) is 15.6. The van der Waals surface area contributed by atoms with Crippen LogP contribution < -0.4 is 10.6 Å². The van der Waals surface area contributed by atoms with E-state index < -0.39 is 11.7 Å². The standard InChI is InChI=1S/C16H16F3N3O/c17-16(18,19)14-4-2-1-3-13(14)11-21-9-10-22-15(23)12-5-7-20-8-6-12/h1-8,21H,9-11H2,(H,22,23). The summed E-state index contributed by atoms with van der Waals surface area (Å²) in [6.07, 6.45) is -1.34. The Morgan fingerprint density at radius 1 is 1.04 bits per heavy atom. The molecule has 1 amide bonds. The van der Waals surface area contributed by atoms with Crippen LogP contribution >= 0.6 is 0 Å². The molecule has 0 bridgehead atoms. The van der Waals surface area contributed by atoms with E-state index in [4.69, 9.17) is 0 Å². The number of aromatic nitrogens is 1. The van der Waals surface area contributed by atoms with Gasteiger partial charge in [0.25, 0.3) is 5.91 Å². The summed E-state index contributed by atoms with van der Waals surface area (Å²) in [6.45, 7) is 0.763. The van der Waals surface area contributed by atoms with Gasteiger partial charge in [-0.3, -0.25) is 9.78 Å². The fourth-order valence-corrected chi connectivity index (χ4v) is 2.04. The molecule has 0 saturated carbocycles. The van der Waals surface area contributed by atoms with Gasteiger partial charge in [0, 0.05) is 37.6 Å². The normalized spacial score (nSPS) is 11.3. The van der Waals surface area contributed by atoms with E-state index in [0.29, 0.717) is 18.7 Å². The van der Waals surface area contributed by atoms with Gasteiger partial charge in [-0.15, -0.1) is 0 Å². The van der Waals surface area contributed by atoms with Crippen LogP contribution in [0.3, 0.4) is 0 Å². The minimum Gasteiger partial charge on any atom is -0.351 e. The van der Waals surface area contributed by atoms with E-state index in [1.165, 1.54) is 24.5 Å². The quantitative estimate of drug-likeness (QED) is 0.804. The minimum atomic E-state index is -4.37. The van der Waals surface area contributed by atoms with E-state index in [-0.39, 0.29) is 18.0 Å². The van der Waals surface area contributed by atoms with Gasteiger partial charge in [-0.25, -0.2) is 0 Å². The molecule has 0 atom stereocenters. The first-order valence-electron chi connectivity index (χ1n) is 7.02. The SMILES string of the molecule is O=C(NCCNCc1ccccc1C(F)(F)F)c1ccncc1. The summed E-state index contributed by atoms with van der Waals surface area (Å²) >= 11 is 0. The summed E-state index contributed by atoms with van der Waals surface area (Å²) in [6, 6.07) is 8.59. The first-order chi connectivity index (χ1) is 11.0. The van der Waals surface area contributed by atoms with E-state index in [1.807, 2.05) is 0 Å². The third-order valence-electron chi connectivity index (χ3n) is 3.17. The van der Waals surface area contributed by atoms with E-state index in [0.717, 1.165) is 6.07 Å². The van der Waals surface area contributed by atoms with Crippen LogP contribution in [0.4, 0.5) is 13.2 Å². The van der Waals surface area contributed by atoms with Gasteiger partial charge in [0.1, 0.15) is 0 Å². The fourth-order valence-electron chi connectivity index (χ4n) is 2.04. The Morgan fingerprint density at radius 3 is 2.43 bits per heavy atom. The summed E-state index contributed by atoms with van der Waals surface area (Å²) < 4.78 is 38.5. The van der Waals surface area contributed by atoms with Crippen molar-refractivity contribution >= 4 is 5.91 Å². The Kier molecular flexibility index (Phi) is 5.70. The third-order valence-corrected chi connectivity index (χ3v) is 3.17. The highest BCUT2D eigenvalue weighted by atomic mass is 19.4. The van der Waals surface area contributed by atoms with Crippen LogP contribution in [0, 0.1) is 0 Å². The lowest BCUT2D eigenvalue weighted by molar-refractivity contribution is -0.138. The van der Waals surface area contributed by atoms with Gasteiger partial charge >= 0.3 is 6.18 Å². The molecule has 1 heterocycles. The summed E-state index contributed by atoms with van der Waals surface area (Å²) in [5.41, 5.74) is 0.0243. The van der Waals surface area contributed by atoms with Crippen molar-refractivity contribution in [3.63, 3.8) is 0 Å². The summed E-state index contributed by atoms with van der Waals surface area (Å²) in [7, 11) is 0. The predicted molar refractivity (Wildman–Crippen MR) is 79.7 cm³/mol. The zero-order valence-corrected chi connectivity index (χ0v) is 12.2. The second-order valence-corrected chi connectivity index (χ2v) is 4.82. The first-order valence-corrected chi connectivity index (χ1v) is 7.02. The third kappa shape index (κ3) is 5.07. The van der Waals surface area contributed by atoms with Crippen molar-refractivity contribution in [1.29, 1.82) is 0 Å². The maximum atomic E-state index is 12.8. The van der Waals surface area contributed by atoms with Crippen molar-refractivity contribution < 1.29 is 18.0 Å². The Hall–Kier alpha value is -2.41. The van der Waals surface area contributed by atoms with Crippen LogP contribution in [0.25, 0.3) is 0 Å². The van der Waals surface area contributed by atoms with Crippen molar-refractivity contribution in [2.75, 3.05) is 13.1 Å². The van der Waals surface area contributed by atoms with Gasteiger partial charge in [-0.2, -0.15) is 13.2 Å². The fraction of sp³-hybridized carbons (Fsp3) is 0.250. The zero-order valence-electron chi connectivity index (χ0n) is 12.2. The molecule has 0 aliphatic heterocycles. The first kappa shape index (κ1) is 17.0. The minimum absolute atomic E-state index is 0.0841. The smallest absolute Gasteiger partial charge is 0.351 e. The van der Waals surface area contributed by atoms with Crippen molar-refractivity contribution in [3.8, 4) is 0 Å². The number of amides is 1. The molecule has 0 radical (unpaired) electrons. The molecule has 1 aromatic carbocycles. The Labute approximate surface area is 131 Å². The van der Waals surface area contributed by atoms with Gasteiger partial charge < -0.3 is 10.6 Å². The number of hydrogen-bond donors (Lipinski definition) is 2. The van der Waals surface area contributed by atoms with Gasteiger partial charge in [0.15, 0.2) is 0 Å². The Balaban J connectivity index is 1.77. The lowest BCUT2D eigenvalue weighted by atomic mass is 10.1. The second kappa shape index (κ2) is 7.73. The van der Waals surface area contributed by atoms with Gasteiger partial charge in [0.2, 0.25) is 0 Å². The Morgan fingerprint density at radius 2 is 1.74 bits per heavy atom. The van der Waals surface area contributed by atoms with Crippen LogP contribution in [0.1, 0.15) is 21.5 Å². The molecule has 4 nitrogen and oxygen atoms in total. The van der Waals surface area contributed by atoms with Crippen LogP contribution in [0.2, 0.25) is 0 Å². The molecule has 0 fully saturated rings. The van der Waals surface area contributed by atoms with Crippen LogP contribution in [0.5, 0.6) is 0 Å². The molecule has 0 spiro atoms. The molecular formula is C16H16F3N3O. The number of carbonyl (C=O) groups excluding carboxylic acids is 1. The van der Waals surface area contributed by atoms with E-state index in [2.05, 4.69) is 15.6 Å². The van der Waals surface area contributed by atoms with Crippen molar-refractivity contribution in [2.45, 2.75) is 12.7 Å². The molecule has 2 aromatic rings. The number of halogens is 3. The number of pyridine rings is 1. The topological polar surface area (TPSA) is 54.0 Å². The van der Waals surface area contributed by atoms with Crippen LogP contribution in [-0.2, 0) is 12.7 Å². The lowest BCUT2D eigenvalue weighted by Gasteiger charge is -2.13. The molecular weight excluding hydrogens is 307 g/mol. The molecule has 7 heteroatoms. The molecule has 1 aromatic heterocycles. The van der Waals surface area contributed by atoms with E-state index >= 15 is 0 Å². The molecule has 122 valence electrons. The maximum Gasteiger partial charge on any atom is 0.416 e.